The molecule has 2 aromatic carbocycles. The third-order valence-electron chi connectivity index (χ3n) is 4.71. The maximum atomic E-state index is 3.44. The molecule has 1 N–H and O–H groups in total. The van der Waals surface area contributed by atoms with Crippen molar-refractivity contribution in [3.63, 3.8) is 0 Å². The van der Waals surface area contributed by atoms with Gasteiger partial charge in [0.15, 0.2) is 0 Å². The predicted molar refractivity (Wildman–Crippen MR) is 107 cm³/mol. The van der Waals surface area contributed by atoms with Crippen molar-refractivity contribution in [2.24, 2.45) is 0 Å². The van der Waals surface area contributed by atoms with E-state index in [0.717, 1.165) is 39.3 Å². The molecule has 2 aromatic rings. The van der Waals surface area contributed by atoms with Crippen molar-refractivity contribution >= 4 is 11.4 Å². The van der Waals surface area contributed by atoms with Crippen LogP contribution in [0.2, 0.25) is 0 Å². The summed E-state index contributed by atoms with van der Waals surface area (Å²) in [6, 6.07) is 21.6. The van der Waals surface area contributed by atoms with Crippen LogP contribution in [0.4, 0.5) is 0 Å². The van der Waals surface area contributed by atoms with Crippen molar-refractivity contribution in [3.8, 4) is 0 Å². The Kier molecular flexibility index (Phi) is 6.13. The molecule has 0 atom stereocenters. The summed E-state index contributed by atoms with van der Waals surface area (Å²) >= 11 is 0. The predicted octanol–water partition coefficient (Wildman–Crippen LogP) is 4.11. The van der Waals surface area contributed by atoms with Crippen LogP contribution in [0, 0.1) is 0 Å². The molecule has 0 saturated heterocycles. The molecule has 25 heavy (non-hydrogen) atoms. The Bertz CT molecular complexity index is 679. The van der Waals surface area contributed by atoms with Crippen LogP contribution in [-0.2, 0) is 0 Å². The fourth-order valence-corrected chi connectivity index (χ4v) is 3.49. The average molecular weight is 335 g/mol. The lowest BCUT2D eigenvalue weighted by Crippen LogP contribution is -2.29. The van der Waals surface area contributed by atoms with Gasteiger partial charge in [0.25, 0.3) is 0 Å². The molecule has 3 rings (SSSR count). The molecule has 3 heteroatoms. The van der Waals surface area contributed by atoms with Gasteiger partial charge in [-0.3, -0.25) is 0 Å². The molecule has 0 aliphatic carbocycles. The van der Waals surface area contributed by atoms with Crippen molar-refractivity contribution in [2.75, 3.05) is 32.8 Å². The highest BCUT2D eigenvalue weighted by molar-refractivity contribution is 5.90. The van der Waals surface area contributed by atoms with Crippen molar-refractivity contribution in [3.05, 3.63) is 71.8 Å². The lowest BCUT2D eigenvalue weighted by molar-refractivity contribution is 0.284. The topological polar surface area (TPSA) is 18.5 Å². The van der Waals surface area contributed by atoms with Gasteiger partial charge in [-0.25, -0.2) is 0 Å². The highest BCUT2D eigenvalue weighted by Gasteiger charge is 2.29. The Morgan fingerprint density at radius 2 is 1.36 bits per heavy atom. The molecular weight excluding hydrogens is 306 g/mol. The highest BCUT2D eigenvalue weighted by atomic mass is 15.4. The molecule has 0 radical (unpaired) electrons. The molecule has 0 bridgehead atoms. The first kappa shape index (κ1) is 17.6. The first-order valence-electron chi connectivity index (χ1n) is 9.40. The largest absolute Gasteiger partial charge is 0.352 e. The first-order chi connectivity index (χ1) is 12.3. The normalized spacial score (nSPS) is 14.5. The second-order valence-corrected chi connectivity index (χ2v) is 6.40. The molecule has 0 fully saturated rings. The van der Waals surface area contributed by atoms with E-state index in [-0.39, 0.29) is 0 Å². The van der Waals surface area contributed by atoms with Gasteiger partial charge in [-0.05, 0) is 37.6 Å². The molecule has 0 unspecified atom stereocenters. The monoisotopic (exact) mass is 335 g/mol. The summed E-state index contributed by atoms with van der Waals surface area (Å²) in [5.41, 5.74) is 5.33. The summed E-state index contributed by atoms with van der Waals surface area (Å²) in [4.78, 5) is 5.03. The van der Waals surface area contributed by atoms with Gasteiger partial charge in [-0.2, -0.15) is 0 Å². The van der Waals surface area contributed by atoms with E-state index in [9.17, 15) is 0 Å². The number of rotatable bonds is 8. The van der Waals surface area contributed by atoms with Crippen LogP contribution >= 0.6 is 0 Å². The van der Waals surface area contributed by atoms with E-state index >= 15 is 0 Å². The van der Waals surface area contributed by atoms with Gasteiger partial charge in [0.05, 0.1) is 18.1 Å². The minimum Gasteiger partial charge on any atom is -0.352 e. The minimum absolute atomic E-state index is 0.969. The molecule has 1 heterocycles. The summed E-state index contributed by atoms with van der Waals surface area (Å²) in [5, 5.41) is 3.44. The van der Waals surface area contributed by atoms with E-state index in [1.807, 2.05) is 0 Å². The van der Waals surface area contributed by atoms with Gasteiger partial charge in [0, 0.05) is 13.1 Å². The quantitative estimate of drug-likeness (QED) is 0.733. The van der Waals surface area contributed by atoms with Crippen molar-refractivity contribution in [1.29, 1.82) is 0 Å². The van der Waals surface area contributed by atoms with Crippen molar-refractivity contribution in [1.82, 2.24) is 15.1 Å². The Labute approximate surface area is 152 Å². The van der Waals surface area contributed by atoms with Crippen LogP contribution in [0.15, 0.2) is 60.7 Å². The van der Waals surface area contributed by atoms with Gasteiger partial charge >= 0.3 is 0 Å². The van der Waals surface area contributed by atoms with Gasteiger partial charge in [-0.15, -0.1) is 0 Å². The third kappa shape index (κ3) is 4.05. The van der Waals surface area contributed by atoms with Crippen LogP contribution in [-0.4, -0.2) is 42.6 Å². The standard InChI is InChI=1S/C22H29N3/c1-3-23-16-11-17-25-18-24(4-2)21(19-12-7-5-8-13-19)22(25)20-14-9-6-10-15-20/h5-10,12-15,23H,3-4,11,16-18H2,1-2H3. The van der Waals surface area contributed by atoms with E-state index in [1.54, 1.807) is 0 Å². The number of nitrogens with one attached hydrogen (secondary N) is 1. The molecule has 1 aliphatic rings. The Morgan fingerprint density at radius 3 is 1.88 bits per heavy atom. The molecule has 3 nitrogen and oxygen atoms in total. The SMILES string of the molecule is CCNCCCN1CN(CC)C(c2ccccc2)=C1c1ccccc1. The van der Waals surface area contributed by atoms with Crippen molar-refractivity contribution < 1.29 is 0 Å². The average Bonchev–Trinajstić information content (AvgIpc) is 3.05. The van der Waals surface area contributed by atoms with Crippen LogP contribution in [0.3, 0.4) is 0 Å². The minimum atomic E-state index is 0.969. The molecule has 132 valence electrons. The van der Waals surface area contributed by atoms with Gasteiger partial charge in [0.1, 0.15) is 0 Å². The smallest absolute Gasteiger partial charge is 0.0904 e. The third-order valence-corrected chi connectivity index (χ3v) is 4.71. The summed E-state index contributed by atoms with van der Waals surface area (Å²) in [6.45, 7) is 9.58. The van der Waals surface area contributed by atoms with Gasteiger partial charge in [-0.1, -0.05) is 67.6 Å². The lowest BCUT2D eigenvalue weighted by atomic mass is 10.0. The maximum absolute atomic E-state index is 3.44. The van der Waals surface area contributed by atoms with Gasteiger partial charge in [0.2, 0.25) is 0 Å². The van der Waals surface area contributed by atoms with Crippen LogP contribution in [0.5, 0.6) is 0 Å². The number of hydrogen-bond donors (Lipinski definition) is 1. The van der Waals surface area contributed by atoms with E-state index in [4.69, 9.17) is 0 Å². The van der Waals surface area contributed by atoms with E-state index in [1.165, 1.54) is 22.5 Å². The summed E-state index contributed by atoms with van der Waals surface area (Å²) in [6.07, 6.45) is 1.16. The summed E-state index contributed by atoms with van der Waals surface area (Å²) in [5.74, 6) is 0. The van der Waals surface area contributed by atoms with Crippen LogP contribution < -0.4 is 5.32 Å². The first-order valence-corrected chi connectivity index (χ1v) is 9.40. The molecular formula is C22H29N3. The summed E-state index contributed by atoms with van der Waals surface area (Å²) < 4.78 is 0. The molecule has 0 aromatic heterocycles. The van der Waals surface area contributed by atoms with E-state index in [0.29, 0.717) is 0 Å². The van der Waals surface area contributed by atoms with Crippen LogP contribution in [0.25, 0.3) is 11.4 Å². The fourth-order valence-electron chi connectivity index (χ4n) is 3.49. The van der Waals surface area contributed by atoms with Crippen LogP contribution in [0.1, 0.15) is 31.4 Å². The zero-order valence-corrected chi connectivity index (χ0v) is 15.4. The van der Waals surface area contributed by atoms with Crippen molar-refractivity contribution in [2.45, 2.75) is 20.3 Å². The number of hydrogen-bond acceptors (Lipinski definition) is 3. The second-order valence-electron chi connectivity index (χ2n) is 6.40. The molecule has 0 saturated carbocycles. The zero-order chi connectivity index (χ0) is 17.5. The number of benzene rings is 2. The fraction of sp³-hybridized carbons (Fsp3) is 0.364. The highest BCUT2D eigenvalue weighted by Crippen LogP contribution is 2.37. The number of nitrogens with zero attached hydrogens (tertiary/aromatic N) is 2. The maximum Gasteiger partial charge on any atom is 0.0904 e. The second kappa shape index (κ2) is 8.72. The summed E-state index contributed by atoms with van der Waals surface area (Å²) in [7, 11) is 0. The lowest BCUT2D eigenvalue weighted by Gasteiger charge is -2.23. The molecule has 0 amide bonds. The van der Waals surface area contributed by atoms with Gasteiger partial charge < -0.3 is 15.1 Å². The Balaban J connectivity index is 1.98. The van der Waals surface area contributed by atoms with E-state index < -0.39 is 0 Å². The molecule has 0 spiro atoms. The van der Waals surface area contributed by atoms with E-state index in [2.05, 4.69) is 89.6 Å². The Morgan fingerprint density at radius 1 is 0.800 bits per heavy atom. The molecule has 1 aliphatic heterocycles. The zero-order valence-electron chi connectivity index (χ0n) is 15.4. The Hall–Kier alpha value is -2.26.